The van der Waals surface area contributed by atoms with Crippen LogP contribution in [0.1, 0.15) is 18.1 Å². The number of hydrogen-bond acceptors (Lipinski definition) is 4. The van der Waals surface area contributed by atoms with E-state index in [4.69, 9.17) is 5.90 Å². The van der Waals surface area contributed by atoms with Crippen LogP contribution < -0.4 is 10.6 Å². The molecule has 0 fully saturated rings. The summed E-state index contributed by atoms with van der Waals surface area (Å²) in [4.78, 5) is 4.66. The summed E-state index contributed by atoms with van der Waals surface area (Å²) < 4.78 is 26.4. The van der Waals surface area contributed by atoms with Gasteiger partial charge in [-0.3, -0.25) is 0 Å². The highest BCUT2D eigenvalue weighted by Gasteiger charge is 2.17. The SMILES string of the molecule is Cc1ccc(S(=O)(=O)NC(C)CON)cc1C. The van der Waals surface area contributed by atoms with E-state index in [0.717, 1.165) is 11.1 Å². The Morgan fingerprint density at radius 3 is 2.53 bits per heavy atom. The summed E-state index contributed by atoms with van der Waals surface area (Å²) in [6.07, 6.45) is 0. The first kappa shape index (κ1) is 14.1. The molecule has 0 radical (unpaired) electrons. The Hall–Kier alpha value is -0.950. The Bertz CT molecular complexity index is 485. The summed E-state index contributed by atoms with van der Waals surface area (Å²) in [6, 6.07) is 4.65. The molecule has 96 valence electrons. The van der Waals surface area contributed by atoms with Crippen molar-refractivity contribution in [2.24, 2.45) is 5.90 Å². The summed E-state index contributed by atoms with van der Waals surface area (Å²) in [6.45, 7) is 5.63. The van der Waals surface area contributed by atoms with Crippen molar-refractivity contribution in [3.63, 3.8) is 0 Å². The van der Waals surface area contributed by atoms with Gasteiger partial charge in [0.2, 0.25) is 10.0 Å². The quantitative estimate of drug-likeness (QED) is 0.768. The molecule has 5 nitrogen and oxygen atoms in total. The molecular weight excluding hydrogens is 240 g/mol. The number of hydrogen-bond donors (Lipinski definition) is 2. The number of rotatable bonds is 5. The second-order valence-electron chi connectivity index (χ2n) is 4.10. The number of sulfonamides is 1. The van der Waals surface area contributed by atoms with Gasteiger partial charge >= 0.3 is 0 Å². The van der Waals surface area contributed by atoms with Gasteiger partial charge in [-0.05, 0) is 44.0 Å². The zero-order valence-corrected chi connectivity index (χ0v) is 11.0. The minimum Gasteiger partial charge on any atom is -0.303 e. The van der Waals surface area contributed by atoms with E-state index >= 15 is 0 Å². The molecule has 0 amide bonds. The molecule has 1 aromatic rings. The van der Waals surface area contributed by atoms with Crippen molar-refractivity contribution in [3.05, 3.63) is 29.3 Å². The summed E-state index contributed by atoms with van der Waals surface area (Å²) in [5, 5.41) is 0. The van der Waals surface area contributed by atoms with E-state index < -0.39 is 10.0 Å². The molecule has 0 saturated heterocycles. The van der Waals surface area contributed by atoms with Gasteiger partial charge in [-0.25, -0.2) is 19.0 Å². The van der Waals surface area contributed by atoms with E-state index in [1.807, 2.05) is 13.8 Å². The average Bonchev–Trinajstić information content (AvgIpc) is 2.21. The molecule has 1 rings (SSSR count). The summed E-state index contributed by atoms with van der Waals surface area (Å²) in [7, 11) is -3.51. The largest absolute Gasteiger partial charge is 0.303 e. The van der Waals surface area contributed by atoms with Crippen molar-refractivity contribution in [3.8, 4) is 0 Å². The molecular formula is C11H18N2O3S. The van der Waals surface area contributed by atoms with Crippen LogP contribution in [0.2, 0.25) is 0 Å². The van der Waals surface area contributed by atoms with Crippen LogP contribution in [0.15, 0.2) is 23.1 Å². The Balaban J connectivity index is 2.93. The van der Waals surface area contributed by atoms with E-state index in [0.29, 0.717) is 0 Å². The number of nitrogens with one attached hydrogen (secondary N) is 1. The highest BCUT2D eigenvalue weighted by atomic mass is 32.2. The first-order chi connectivity index (χ1) is 7.86. The second-order valence-corrected chi connectivity index (χ2v) is 5.82. The Labute approximate surface area is 102 Å². The van der Waals surface area contributed by atoms with Crippen molar-refractivity contribution in [1.29, 1.82) is 0 Å². The van der Waals surface area contributed by atoms with Crippen LogP contribution in [0.3, 0.4) is 0 Å². The summed E-state index contributed by atoms with van der Waals surface area (Å²) >= 11 is 0. The lowest BCUT2D eigenvalue weighted by atomic mass is 10.1. The van der Waals surface area contributed by atoms with Gasteiger partial charge in [0.1, 0.15) is 0 Å². The predicted molar refractivity (Wildman–Crippen MR) is 65.8 cm³/mol. The predicted octanol–water partition coefficient (Wildman–Crippen LogP) is 0.861. The van der Waals surface area contributed by atoms with Crippen LogP contribution in [0.4, 0.5) is 0 Å². The molecule has 0 aliphatic rings. The Morgan fingerprint density at radius 2 is 2.00 bits per heavy atom. The third-order valence-corrected chi connectivity index (χ3v) is 4.08. The van der Waals surface area contributed by atoms with E-state index in [-0.39, 0.29) is 17.5 Å². The van der Waals surface area contributed by atoms with Gasteiger partial charge in [-0.1, -0.05) is 6.07 Å². The van der Waals surface area contributed by atoms with Crippen molar-refractivity contribution in [2.45, 2.75) is 31.7 Å². The molecule has 1 atom stereocenters. The fourth-order valence-corrected chi connectivity index (χ4v) is 2.71. The van der Waals surface area contributed by atoms with Crippen LogP contribution in [0.25, 0.3) is 0 Å². The maximum Gasteiger partial charge on any atom is 0.240 e. The van der Waals surface area contributed by atoms with Gasteiger partial charge in [-0.15, -0.1) is 0 Å². The molecule has 0 aliphatic carbocycles. The van der Waals surface area contributed by atoms with Crippen LogP contribution in [-0.4, -0.2) is 21.1 Å². The lowest BCUT2D eigenvalue weighted by Gasteiger charge is -2.13. The van der Waals surface area contributed by atoms with E-state index in [1.54, 1.807) is 25.1 Å². The van der Waals surface area contributed by atoms with E-state index in [2.05, 4.69) is 9.56 Å². The van der Waals surface area contributed by atoms with Gasteiger partial charge in [-0.2, -0.15) is 0 Å². The zero-order valence-electron chi connectivity index (χ0n) is 10.2. The lowest BCUT2D eigenvalue weighted by Crippen LogP contribution is -2.36. The maximum atomic E-state index is 12.0. The fraction of sp³-hybridized carbons (Fsp3) is 0.455. The normalized spacial score (nSPS) is 13.6. The fourth-order valence-electron chi connectivity index (χ4n) is 1.39. The highest BCUT2D eigenvalue weighted by Crippen LogP contribution is 2.14. The Kier molecular flexibility index (Phi) is 4.64. The van der Waals surface area contributed by atoms with E-state index in [1.165, 1.54) is 0 Å². The first-order valence-corrected chi connectivity index (χ1v) is 6.76. The molecule has 0 aliphatic heterocycles. The van der Waals surface area contributed by atoms with Crippen molar-refractivity contribution in [2.75, 3.05) is 6.61 Å². The van der Waals surface area contributed by atoms with Crippen molar-refractivity contribution in [1.82, 2.24) is 4.72 Å². The van der Waals surface area contributed by atoms with E-state index in [9.17, 15) is 8.42 Å². The van der Waals surface area contributed by atoms with Gasteiger partial charge < -0.3 is 4.84 Å². The van der Waals surface area contributed by atoms with Crippen molar-refractivity contribution < 1.29 is 13.3 Å². The Morgan fingerprint density at radius 1 is 1.35 bits per heavy atom. The van der Waals surface area contributed by atoms with Crippen LogP contribution in [0, 0.1) is 13.8 Å². The summed E-state index contributed by atoms with van der Waals surface area (Å²) in [5.41, 5.74) is 2.00. The number of benzene rings is 1. The van der Waals surface area contributed by atoms with Gasteiger partial charge in [0.25, 0.3) is 0 Å². The van der Waals surface area contributed by atoms with Gasteiger partial charge in [0.05, 0.1) is 11.5 Å². The molecule has 0 spiro atoms. The molecule has 6 heteroatoms. The molecule has 0 bridgehead atoms. The molecule has 0 heterocycles. The standard InChI is InChI=1S/C11H18N2O3S/c1-8-4-5-11(6-9(8)2)17(14,15)13-10(3)7-16-12/h4-6,10,13H,7,12H2,1-3H3. The van der Waals surface area contributed by atoms with Crippen LogP contribution >= 0.6 is 0 Å². The smallest absolute Gasteiger partial charge is 0.240 e. The van der Waals surface area contributed by atoms with Crippen LogP contribution in [-0.2, 0) is 14.9 Å². The number of nitrogens with two attached hydrogens (primary N) is 1. The topological polar surface area (TPSA) is 81.4 Å². The zero-order chi connectivity index (χ0) is 13.1. The minimum atomic E-state index is -3.51. The third-order valence-electron chi connectivity index (χ3n) is 2.49. The number of aryl methyl sites for hydroxylation is 2. The third kappa shape index (κ3) is 3.78. The summed E-state index contributed by atoms with van der Waals surface area (Å²) in [5.74, 6) is 4.90. The first-order valence-electron chi connectivity index (χ1n) is 5.28. The monoisotopic (exact) mass is 258 g/mol. The second kappa shape index (κ2) is 5.59. The van der Waals surface area contributed by atoms with Gasteiger partial charge in [0.15, 0.2) is 0 Å². The maximum absolute atomic E-state index is 12.0. The highest BCUT2D eigenvalue weighted by molar-refractivity contribution is 7.89. The molecule has 3 N–H and O–H groups in total. The molecule has 0 saturated carbocycles. The van der Waals surface area contributed by atoms with Crippen molar-refractivity contribution >= 4 is 10.0 Å². The molecule has 1 aromatic carbocycles. The molecule has 1 unspecified atom stereocenters. The minimum absolute atomic E-state index is 0.129. The molecule has 0 aromatic heterocycles. The van der Waals surface area contributed by atoms with Crippen LogP contribution in [0.5, 0.6) is 0 Å². The van der Waals surface area contributed by atoms with Gasteiger partial charge in [0, 0.05) is 6.04 Å². The average molecular weight is 258 g/mol. The lowest BCUT2D eigenvalue weighted by molar-refractivity contribution is 0.124. The molecule has 17 heavy (non-hydrogen) atoms.